The summed E-state index contributed by atoms with van der Waals surface area (Å²) in [5.74, 6) is -1.15. The van der Waals surface area contributed by atoms with Crippen LogP contribution in [-0.4, -0.2) is 18.5 Å². The molecule has 0 aliphatic rings. The van der Waals surface area contributed by atoms with E-state index in [1.54, 1.807) is 0 Å². The summed E-state index contributed by atoms with van der Waals surface area (Å²) >= 11 is 0. The van der Waals surface area contributed by atoms with Crippen LogP contribution in [0.2, 0.25) is 0 Å². The number of carbonyl (C=O) groups is 2. The van der Waals surface area contributed by atoms with Crippen molar-refractivity contribution < 1.29 is 45.3 Å². The number of rotatable bonds is 2. The molecule has 0 heterocycles. The van der Waals surface area contributed by atoms with Crippen molar-refractivity contribution >= 4 is 11.9 Å². The van der Waals surface area contributed by atoms with Crippen molar-refractivity contribution in [1.29, 1.82) is 0 Å². The quantitative estimate of drug-likeness (QED) is 0.256. The van der Waals surface area contributed by atoms with E-state index in [0.29, 0.717) is 0 Å². The average molecular weight is 155 g/mol. The van der Waals surface area contributed by atoms with Crippen molar-refractivity contribution in [2.45, 2.75) is 13.3 Å². The van der Waals surface area contributed by atoms with Crippen LogP contribution < -0.4 is 35.3 Å². The molecule has 0 fully saturated rings. The van der Waals surface area contributed by atoms with Crippen molar-refractivity contribution in [3.8, 4) is 0 Å². The number of nitrogens with two attached hydrogens (primary N) is 1. The molecule has 0 saturated carbocycles. The topological polar surface area (TPSA) is 69.4 Å². The molecular weight excluding hydrogens is 145 g/mol. The molecule has 0 bridgehead atoms. The Kier molecular flexibility index (Phi) is 9.19. The molecule has 4 nitrogen and oxygen atoms in total. The fraction of sp³-hybridized carbons (Fsp3) is 0.600. The van der Waals surface area contributed by atoms with Crippen LogP contribution in [-0.2, 0) is 14.3 Å². The smallest absolute Gasteiger partial charge is 1.00 e. The molecule has 0 atom stereocenters. The van der Waals surface area contributed by atoms with E-state index >= 15 is 0 Å². The first-order chi connectivity index (χ1) is 4.16. The predicted octanol–water partition coefficient (Wildman–Crippen LogP) is -3.46. The summed E-state index contributed by atoms with van der Waals surface area (Å²) in [7, 11) is 0. The van der Waals surface area contributed by atoms with Gasteiger partial charge in [-0.1, -0.05) is 0 Å². The molecule has 54 valence electrons. The van der Waals surface area contributed by atoms with Crippen LogP contribution in [0.5, 0.6) is 0 Å². The van der Waals surface area contributed by atoms with Gasteiger partial charge in [0.1, 0.15) is 0 Å². The molecule has 0 radical (unpaired) electrons. The van der Waals surface area contributed by atoms with Gasteiger partial charge in [0.2, 0.25) is 0 Å². The minimum atomic E-state index is -0.589. The first kappa shape index (κ1) is 12.7. The molecule has 0 aromatic carbocycles. The third-order valence-corrected chi connectivity index (χ3v) is 0.606. The van der Waals surface area contributed by atoms with Crippen LogP contribution in [0.3, 0.4) is 0 Å². The second kappa shape index (κ2) is 7.21. The van der Waals surface area contributed by atoms with Crippen LogP contribution in [0, 0.1) is 0 Å². The van der Waals surface area contributed by atoms with Gasteiger partial charge in [0.15, 0.2) is 0 Å². The Bertz CT molecular complexity index is 131. The summed E-state index contributed by atoms with van der Waals surface area (Å²) in [5.41, 5.74) is 4.99. The van der Waals surface area contributed by atoms with Gasteiger partial charge in [0, 0.05) is 13.5 Å². The molecular formula is C5H10NNaO3. The zero-order valence-corrected chi connectivity index (χ0v) is 8.22. The average Bonchev–Trinajstić information content (AvgIpc) is 1.63. The van der Waals surface area contributed by atoms with Crippen molar-refractivity contribution in [2.75, 3.05) is 6.54 Å². The minimum Gasteiger partial charge on any atom is -1.00 e. The van der Waals surface area contributed by atoms with Gasteiger partial charge in [-0.3, -0.25) is 9.59 Å². The zero-order valence-electron chi connectivity index (χ0n) is 7.22. The maximum atomic E-state index is 10.3. The van der Waals surface area contributed by atoms with Gasteiger partial charge in [-0.2, -0.15) is 0 Å². The molecule has 0 aromatic heterocycles. The molecule has 0 aliphatic carbocycles. The standard InChI is InChI=1S/C5H9NO3.Na.H/c1-4(7)9-5(8)2-3-6;;/h2-3,6H2,1H3;;/q;+1;-1. The van der Waals surface area contributed by atoms with Crippen molar-refractivity contribution in [3.05, 3.63) is 0 Å². The Morgan fingerprint density at radius 2 is 2.10 bits per heavy atom. The maximum Gasteiger partial charge on any atom is 1.00 e. The summed E-state index contributed by atoms with van der Waals surface area (Å²) in [4.78, 5) is 20.4. The van der Waals surface area contributed by atoms with Crippen LogP contribution in [0.1, 0.15) is 14.8 Å². The van der Waals surface area contributed by atoms with Gasteiger partial charge >= 0.3 is 41.5 Å². The number of esters is 2. The maximum absolute atomic E-state index is 10.3. The molecule has 0 rings (SSSR count). The van der Waals surface area contributed by atoms with E-state index < -0.39 is 11.9 Å². The predicted molar refractivity (Wildman–Crippen MR) is 31.6 cm³/mol. The molecule has 5 heteroatoms. The first-order valence-electron chi connectivity index (χ1n) is 2.58. The largest absolute Gasteiger partial charge is 1.00 e. The van der Waals surface area contributed by atoms with E-state index in [4.69, 9.17) is 5.73 Å². The molecule has 0 aliphatic heterocycles. The van der Waals surface area contributed by atoms with E-state index in [1.807, 2.05) is 0 Å². The van der Waals surface area contributed by atoms with Gasteiger partial charge < -0.3 is 11.9 Å². The van der Waals surface area contributed by atoms with Gasteiger partial charge in [-0.15, -0.1) is 0 Å². The van der Waals surface area contributed by atoms with E-state index in [9.17, 15) is 9.59 Å². The number of ether oxygens (including phenoxy) is 1. The first-order valence-corrected chi connectivity index (χ1v) is 2.58. The Hall–Kier alpha value is 0.1000. The van der Waals surface area contributed by atoms with Crippen molar-refractivity contribution in [2.24, 2.45) is 5.73 Å². The molecule has 0 saturated heterocycles. The molecule has 10 heavy (non-hydrogen) atoms. The minimum absolute atomic E-state index is 0. The zero-order chi connectivity index (χ0) is 7.28. The van der Waals surface area contributed by atoms with Gasteiger partial charge in [0.05, 0.1) is 6.42 Å². The van der Waals surface area contributed by atoms with Crippen LogP contribution >= 0.6 is 0 Å². The summed E-state index contributed by atoms with van der Waals surface area (Å²) < 4.78 is 4.13. The van der Waals surface area contributed by atoms with Gasteiger partial charge in [-0.25, -0.2) is 0 Å². The number of carbonyl (C=O) groups excluding carboxylic acids is 2. The van der Waals surface area contributed by atoms with E-state index in [-0.39, 0.29) is 43.9 Å². The summed E-state index contributed by atoms with van der Waals surface area (Å²) in [6, 6.07) is 0. The fourth-order valence-corrected chi connectivity index (χ4v) is 0.329. The second-order valence-corrected chi connectivity index (χ2v) is 1.50. The molecule has 0 aromatic rings. The second-order valence-electron chi connectivity index (χ2n) is 1.50. The van der Waals surface area contributed by atoms with Gasteiger partial charge in [0.25, 0.3) is 0 Å². The Morgan fingerprint density at radius 3 is 2.40 bits per heavy atom. The third-order valence-electron chi connectivity index (χ3n) is 0.606. The fourth-order valence-electron chi connectivity index (χ4n) is 0.329. The van der Waals surface area contributed by atoms with Crippen LogP contribution in [0.15, 0.2) is 0 Å². The molecule has 0 unspecified atom stereocenters. The molecule has 0 spiro atoms. The number of hydrogen-bond acceptors (Lipinski definition) is 4. The Balaban J connectivity index is -0.000000320. The van der Waals surface area contributed by atoms with Gasteiger partial charge in [-0.05, 0) is 0 Å². The SMILES string of the molecule is CC(=O)OC(=O)CCN.[H-].[Na+]. The van der Waals surface area contributed by atoms with Crippen molar-refractivity contribution in [1.82, 2.24) is 0 Å². The van der Waals surface area contributed by atoms with Crippen molar-refractivity contribution in [3.63, 3.8) is 0 Å². The van der Waals surface area contributed by atoms with Crippen LogP contribution in [0.25, 0.3) is 0 Å². The monoisotopic (exact) mass is 155 g/mol. The third kappa shape index (κ3) is 8.10. The van der Waals surface area contributed by atoms with E-state index in [1.165, 1.54) is 6.92 Å². The summed E-state index contributed by atoms with van der Waals surface area (Å²) in [6.07, 6.45) is 0.0968. The normalized spacial score (nSPS) is 7.80. The number of hydrogen-bond donors (Lipinski definition) is 1. The van der Waals surface area contributed by atoms with E-state index in [2.05, 4.69) is 4.74 Å². The van der Waals surface area contributed by atoms with Crippen LogP contribution in [0.4, 0.5) is 0 Å². The summed E-state index contributed by atoms with van der Waals surface area (Å²) in [5, 5.41) is 0. The molecule has 0 amide bonds. The Morgan fingerprint density at radius 1 is 1.60 bits per heavy atom. The summed E-state index contributed by atoms with van der Waals surface area (Å²) in [6.45, 7) is 1.39. The molecule has 2 N–H and O–H groups in total. The Labute approximate surface area is 82.9 Å². The van der Waals surface area contributed by atoms with E-state index in [0.717, 1.165) is 0 Å².